The van der Waals surface area contributed by atoms with Crippen LogP contribution in [0, 0.1) is 27.7 Å². The number of nitrogens with zero attached hydrogens (tertiary/aromatic N) is 4. The van der Waals surface area contributed by atoms with Crippen LogP contribution in [0.1, 0.15) is 33.9 Å². The van der Waals surface area contributed by atoms with E-state index in [0.717, 1.165) is 30.9 Å². The normalized spacial score (nSPS) is 10.9. The Labute approximate surface area is 126 Å². The van der Waals surface area contributed by atoms with Gasteiger partial charge in [-0.2, -0.15) is 10.2 Å². The van der Waals surface area contributed by atoms with Crippen LogP contribution >= 0.6 is 0 Å². The van der Waals surface area contributed by atoms with E-state index in [1.165, 1.54) is 22.5 Å². The van der Waals surface area contributed by atoms with E-state index in [9.17, 15) is 0 Å². The molecule has 2 aromatic heterocycles. The first kappa shape index (κ1) is 15.3. The molecule has 4 heteroatoms. The molecule has 0 aliphatic heterocycles. The lowest BCUT2D eigenvalue weighted by Crippen LogP contribution is -2.02. The fourth-order valence-electron chi connectivity index (χ4n) is 2.76. The smallest absolute Gasteiger partial charge is 0.0632 e. The van der Waals surface area contributed by atoms with Crippen molar-refractivity contribution < 1.29 is 0 Å². The predicted molar refractivity (Wildman–Crippen MR) is 86.6 cm³/mol. The Balaban J connectivity index is 2.38. The predicted octanol–water partition coefficient (Wildman–Crippen LogP) is 3.28. The lowest BCUT2D eigenvalue weighted by atomic mass is 10.0. The number of aromatic nitrogens is 4. The van der Waals surface area contributed by atoms with Crippen LogP contribution in [-0.4, -0.2) is 19.6 Å². The first-order valence-electron chi connectivity index (χ1n) is 7.27. The molecule has 112 valence electrons. The molecule has 0 aliphatic rings. The molecule has 2 aromatic rings. The molecule has 0 unspecified atom stereocenters. The summed E-state index contributed by atoms with van der Waals surface area (Å²) in [5.41, 5.74) is 7.18. The molecule has 0 bridgehead atoms. The highest BCUT2D eigenvalue weighted by molar-refractivity contribution is 5.36. The van der Waals surface area contributed by atoms with E-state index in [1.54, 1.807) is 0 Å². The van der Waals surface area contributed by atoms with E-state index in [2.05, 4.69) is 51.1 Å². The Morgan fingerprint density at radius 1 is 0.810 bits per heavy atom. The number of rotatable bonds is 6. The topological polar surface area (TPSA) is 35.6 Å². The molecule has 2 heterocycles. The van der Waals surface area contributed by atoms with Gasteiger partial charge in [0.1, 0.15) is 0 Å². The Morgan fingerprint density at radius 3 is 1.52 bits per heavy atom. The fourth-order valence-corrected chi connectivity index (χ4v) is 2.76. The van der Waals surface area contributed by atoms with Gasteiger partial charge in [0.15, 0.2) is 0 Å². The van der Waals surface area contributed by atoms with E-state index in [0.29, 0.717) is 0 Å². The Kier molecular flexibility index (Phi) is 4.46. The average Bonchev–Trinajstić information content (AvgIpc) is 2.84. The maximum absolute atomic E-state index is 4.60. The monoisotopic (exact) mass is 284 g/mol. The van der Waals surface area contributed by atoms with Gasteiger partial charge in [0.05, 0.1) is 24.5 Å². The number of hydrogen-bond donors (Lipinski definition) is 0. The molecule has 4 nitrogen and oxygen atoms in total. The third-order valence-electron chi connectivity index (χ3n) is 4.02. The van der Waals surface area contributed by atoms with Crippen molar-refractivity contribution >= 4 is 0 Å². The van der Waals surface area contributed by atoms with Crippen LogP contribution < -0.4 is 0 Å². The van der Waals surface area contributed by atoms with Crippen LogP contribution in [0.3, 0.4) is 0 Å². The largest absolute Gasteiger partial charge is 0.266 e. The third-order valence-corrected chi connectivity index (χ3v) is 4.02. The Hall–Kier alpha value is -2.10. The van der Waals surface area contributed by atoms with Crippen molar-refractivity contribution in [1.29, 1.82) is 0 Å². The summed E-state index contributed by atoms with van der Waals surface area (Å²) in [6, 6.07) is 0. The first-order valence-corrected chi connectivity index (χ1v) is 7.27. The minimum atomic E-state index is 0.750. The summed E-state index contributed by atoms with van der Waals surface area (Å²) in [4.78, 5) is 0. The summed E-state index contributed by atoms with van der Waals surface area (Å²) in [5, 5.41) is 9.20. The van der Waals surface area contributed by atoms with Gasteiger partial charge >= 0.3 is 0 Å². The summed E-state index contributed by atoms with van der Waals surface area (Å²) >= 11 is 0. The molecule has 0 radical (unpaired) electrons. The second kappa shape index (κ2) is 6.12. The van der Waals surface area contributed by atoms with Crippen LogP contribution in [0.2, 0.25) is 0 Å². The molecule has 2 rings (SSSR count). The summed E-state index contributed by atoms with van der Waals surface area (Å²) in [6.45, 7) is 17.5. The molecule has 0 atom stereocenters. The van der Waals surface area contributed by atoms with E-state index in [-0.39, 0.29) is 0 Å². The van der Waals surface area contributed by atoms with Crippen LogP contribution in [0.4, 0.5) is 0 Å². The summed E-state index contributed by atoms with van der Waals surface area (Å²) in [6.07, 6.45) is 4.63. The van der Waals surface area contributed by atoms with Crippen LogP contribution in [0.5, 0.6) is 0 Å². The van der Waals surface area contributed by atoms with Crippen LogP contribution in [0.15, 0.2) is 25.3 Å². The molecular weight excluding hydrogens is 260 g/mol. The van der Waals surface area contributed by atoms with Gasteiger partial charge in [-0.1, -0.05) is 12.2 Å². The zero-order valence-electron chi connectivity index (χ0n) is 13.5. The number of allylic oxidation sites excluding steroid dienone is 2. The van der Waals surface area contributed by atoms with Crippen molar-refractivity contribution in [2.45, 2.75) is 47.2 Å². The van der Waals surface area contributed by atoms with Gasteiger partial charge in [0.2, 0.25) is 0 Å². The van der Waals surface area contributed by atoms with Gasteiger partial charge < -0.3 is 0 Å². The molecule has 0 saturated carbocycles. The van der Waals surface area contributed by atoms with Crippen molar-refractivity contribution in [3.8, 4) is 0 Å². The molecule has 0 N–H and O–H groups in total. The lowest BCUT2D eigenvalue weighted by molar-refractivity contribution is 0.671. The third kappa shape index (κ3) is 2.84. The zero-order valence-corrected chi connectivity index (χ0v) is 13.5. The molecular formula is C17H24N4. The number of hydrogen-bond acceptors (Lipinski definition) is 2. The second-order valence-corrected chi connectivity index (χ2v) is 5.42. The van der Waals surface area contributed by atoms with Crippen molar-refractivity contribution in [3.05, 3.63) is 59.2 Å². The standard InChI is InChI=1S/C17H24N4/c1-7-9-20-14(5)16(12(3)18-20)11-17-13(4)19-21(10-8-2)15(17)6/h7-8H,1-2,9-11H2,3-6H3. The second-order valence-electron chi connectivity index (χ2n) is 5.42. The van der Waals surface area contributed by atoms with Crippen molar-refractivity contribution in [1.82, 2.24) is 19.6 Å². The SMILES string of the molecule is C=CCn1nc(C)c(Cc2c(C)nn(CC=C)c2C)c1C. The van der Waals surface area contributed by atoms with Gasteiger partial charge in [-0.3, -0.25) is 9.36 Å². The van der Waals surface area contributed by atoms with Gasteiger partial charge in [0, 0.05) is 28.9 Å². The summed E-state index contributed by atoms with van der Waals surface area (Å²) in [7, 11) is 0. The van der Waals surface area contributed by atoms with Crippen molar-refractivity contribution in [2.24, 2.45) is 0 Å². The van der Waals surface area contributed by atoms with Crippen LogP contribution in [-0.2, 0) is 19.5 Å². The molecule has 0 spiro atoms. The van der Waals surface area contributed by atoms with E-state index >= 15 is 0 Å². The van der Waals surface area contributed by atoms with Gasteiger partial charge in [-0.05, 0) is 27.7 Å². The average molecular weight is 284 g/mol. The molecule has 21 heavy (non-hydrogen) atoms. The molecule has 0 fully saturated rings. The van der Waals surface area contributed by atoms with Crippen LogP contribution in [0.25, 0.3) is 0 Å². The van der Waals surface area contributed by atoms with E-state index < -0.39 is 0 Å². The fraction of sp³-hybridized carbons (Fsp3) is 0.412. The summed E-state index contributed by atoms with van der Waals surface area (Å²) in [5.74, 6) is 0. The summed E-state index contributed by atoms with van der Waals surface area (Å²) < 4.78 is 4.02. The molecule has 0 aliphatic carbocycles. The maximum Gasteiger partial charge on any atom is 0.0632 e. The Morgan fingerprint density at radius 2 is 1.19 bits per heavy atom. The quantitative estimate of drug-likeness (QED) is 0.763. The highest BCUT2D eigenvalue weighted by Crippen LogP contribution is 2.22. The van der Waals surface area contributed by atoms with Crippen molar-refractivity contribution in [3.63, 3.8) is 0 Å². The Bertz CT molecular complexity index is 615. The number of aryl methyl sites for hydroxylation is 2. The van der Waals surface area contributed by atoms with Gasteiger partial charge in [-0.25, -0.2) is 0 Å². The molecule has 0 saturated heterocycles. The van der Waals surface area contributed by atoms with E-state index in [1.807, 2.05) is 21.5 Å². The maximum atomic E-state index is 4.60. The minimum absolute atomic E-state index is 0.750. The molecule has 0 amide bonds. The minimum Gasteiger partial charge on any atom is -0.266 e. The lowest BCUT2D eigenvalue weighted by Gasteiger charge is -2.05. The van der Waals surface area contributed by atoms with E-state index in [4.69, 9.17) is 0 Å². The molecule has 0 aromatic carbocycles. The highest BCUT2D eigenvalue weighted by Gasteiger charge is 2.16. The first-order chi connectivity index (χ1) is 9.99. The van der Waals surface area contributed by atoms with Gasteiger partial charge in [-0.15, -0.1) is 13.2 Å². The van der Waals surface area contributed by atoms with Crippen molar-refractivity contribution in [2.75, 3.05) is 0 Å². The zero-order chi connectivity index (χ0) is 15.6. The highest BCUT2D eigenvalue weighted by atomic mass is 15.3. The van der Waals surface area contributed by atoms with Gasteiger partial charge in [0.25, 0.3) is 0 Å².